The van der Waals surface area contributed by atoms with E-state index >= 15 is 0 Å². The van der Waals surface area contributed by atoms with Crippen molar-refractivity contribution in [2.75, 3.05) is 18.4 Å². The Labute approximate surface area is 193 Å². The zero-order valence-corrected chi connectivity index (χ0v) is 18.1. The third-order valence-corrected chi connectivity index (χ3v) is 5.86. The standard InChI is InChI=1S/C24H21F3N6O/c25-18-9-19(13-29-12-18)30-23(34)22-20-8-16(1-2-21(20)31-32-22)17-7-15(10-28-11-17)14-33-5-3-24(26,27)4-6-33/h1-2,7-13H,3-6,14H2,(H,30,34)(H,31,32). The van der Waals surface area contributed by atoms with Crippen molar-refractivity contribution in [2.24, 2.45) is 0 Å². The van der Waals surface area contributed by atoms with E-state index in [9.17, 15) is 18.0 Å². The maximum absolute atomic E-state index is 13.4. The number of hydrogen-bond acceptors (Lipinski definition) is 5. The summed E-state index contributed by atoms with van der Waals surface area (Å²) in [6.45, 7) is 1.23. The van der Waals surface area contributed by atoms with E-state index in [-0.39, 0.29) is 24.2 Å². The molecule has 0 radical (unpaired) electrons. The van der Waals surface area contributed by atoms with E-state index in [1.54, 1.807) is 12.4 Å². The summed E-state index contributed by atoms with van der Waals surface area (Å²) in [4.78, 5) is 22.8. The van der Waals surface area contributed by atoms with Crippen LogP contribution in [0.2, 0.25) is 0 Å². The van der Waals surface area contributed by atoms with Crippen molar-refractivity contribution in [3.8, 4) is 11.1 Å². The first-order valence-corrected chi connectivity index (χ1v) is 10.8. The minimum Gasteiger partial charge on any atom is -0.319 e. The summed E-state index contributed by atoms with van der Waals surface area (Å²) < 4.78 is 40.3. The van der Waals surface area contributed by atoms with Crippen LogP contribution in [0.5, 0.6) is 0 Å². The Bertz CT molecular complexity index is 1350. The van der Waals surface area contributed by atoms with Crippen LogP contribution in [-0.2, 0) is 6.54 Å². The number of H-pyrrole nitrogens is 1. The van der Waals surface area contributed by atoms with Gasteiger partial charge in [-0.15, -0.1) is 0 Å². The second kappa shape index (κ2) is 8.86. The van der Waals surface area contributed by atoms with E-state index in [4.69, 9.17) is 0 Å². The van der Waals surface area contributed by atoms with Crippen LogP contribution in [0.3, 0.4) is 0 Å². The van der Waals surface area contributed by atoms with Gasteiger partial charge in [0.25, 0.3) is 11.8 Å². The number of halogens is 3. The Morgan fingerprint density at radius 3 is 2.62 bits per heavy atom. The maximum atomic E-state index is 13.4. The number of carbonyl (C=O) groups is 1. The lowest BCUT2D eigenvalue weighted by molar-refractivity contribution is -0.0566. The van der Waals surface area contributed by atoms with Crippen LogP contribution in [-0.4, -0.2) is 50.0 Å². The number of fused-ring (bicyclic) bond motifs is 1. The Hall–Kier alpha value is -3.79. The zero-order valence-electron chi connectivity index (χ0n) is 18.1. The number of nitrogens with zero attached hydrogens (tertiary/aromatic N) is 4. The van der Waals surface area contributed by atoms with E-state index in [2.05, 4.69) is 25.5 Å². The largest absolute Gasteiger partial charge is 0.319 e. The van der Waals surface area contributed by atoms with Crippen molar-refractivity contribution < 1.29 is 18.0 Å². The van der Waals surface area contributed by atoms with E-state index in [1.807, 2.05) is 29.2 Å². The molecule has 1 aliphatic rings. The molecule has 1 amide bonds. The van der Waals surface area contributed by atoms with Gasteiger partial charge in [-0.3, -0.25) is 24.8 Å². The second-order valence-electron chi connectivity index (χ2n) is 8.39. The summed E-state index contributed by atoms with van der Waals surface area (Å²) in [6.07, 6.45) is 5.59. The predicted octanol–water partition coefficient (Wildman–Crippen LogP) is 4.64. The molecule has 0 atom stereocenters. The number of likely N-dealkylation sites (tertiary alicyclic amines) is 1. The number of alkyl halides is 2. The van der Waals surface area contributed by atoms with E-state index < -0.39 is 17.6 Å². The monoisotopic (exact) mass is 466 g/mol. The number of rotatable bonds is 5. The van der Waals surface area contributed by atoms with Gasteiger partial charge < -0.3 is 5.32 Å². The quantitative estimate of drug-likeness (QED) is 0.448. The molecule has 3 aromatic heterocycles. The highest BCUT2D eigenvalue weighted by molar-refractivity contribution is 6.11. The Morgan fingerprint density at radius 1 is 1.03 bits per heavy atom. The highest BCUT2D eigenvalue weighted by atomic mass is 19.3. The summed E-state index contributed by atoms with van der Waals surface area (Å²) in [5, 5.41) is 10.2. The lowest BCUT2D eigenvalue weighted by atomic mass is 10.0. The molecule has 0 spiro atoms. The molecule has 0 unspecified atom stereocenters. The van der Waals surface area contributed by atoms with E-state index in [0.29, 0.717) is 30.5 Å². The third kappa shape index (κ3) is 4.76. The molecule has 7 nitrogen and oxygen atoms in total. The van der Waals surface area contributed by atoms with Gasteiger partial charge in [-0.25, -0.2) is 13.2 Å². The molecule has 10 heteroatoms. The minimum absolute atomic E-state index is 0.131. The average molecular weight is 466 g/mol. The molecule has 5 rings (SSSR count). The molecule has 1 saturated heterocycles. The van der Waals surface area contributed by atoms with Crippen molar-refractivity contribution in [2.45, 2.75) is 25.3 Å². The summed E-state index contributed by atoms with van der Waals surface area (Å²) in [5.74, 6) is -3.63. The van der Waals surface area contributed by atoms with Crippen LogP contribution in [0.1, 0.15) is 28.9 Å². The first-order chi connectivity index (χ1) is 16.4. The number of hydrogen-bond donors (Lipinski definition) is 2. The van der Waals surface area contributed by atoms with Gasteiger partial charge in [-0.05, 0) is 29.3 Å². The van der Waals surface area contributed by atoms with Crippen molar-refractivity contribution >= 4 is 22.5 Å². The number of anilines is 1. The molecule has 0 aliphatic carbocycles. The summed E-state index contributed by atoms with van der Waals surface area (Å²) in [5.41, 5.74) is 3.65. The van der Waals surface area contributed by atoms with Gasteiger partial charge >= 0.3 is 0 Å². The number of pyridine rings is 2. The number of carbonyl (C=O) groups excluding carboxylic acids is 1. The van der Waals surface area contributed by atoms with Crippen LogP contribution in [0, 0.1) is 5.82 Å². The van der Waals surface area contributed by atoms with Gasteiger partial charge in [0.1, 0.15) is 5.82 Å². The number of benzene rings is 1. The lowest BCUT2D eigenvalue weighted by Crippen LogP contribution is -2.38. The Balaban J connectivity index is 1.37. The number of aromatic amines is 1. The van der Waals surface area contributed by atoms with Gasteiger partial charge in [0.2, 0.25) is 0 Å². The SMILES string of the molecule is O=C(Nc1cncc(F)c1)c1n[nH]c2ccc(-c3cncc(CN4CCC(F)(F)CC4)c3)cc12. The first kappa shape index (κ1) is 22.0. The highest BCUT2D eigenvalue weighted by Crippen LogP contribution is 2.29. The van der Waals surface area contributed by atoms with Crippen molar-refractivity contribution in [1.82, 2.24) is 25.1 Å². The number of nitrogens with one attached hydrogen (secondary N) is 2. The first-order valence-electron chi connectivity index (χ1n) is 10.8. The van der Waals surface area contributed by atoms with Gasteiger partial charge in [-0.1, -0.05) is 6.07 Å². The lowest BCUT2D eigenvalue weighted by Gasteiger charge is -2.31. The number of amides is 1. The van der Waals surface area contributed by atoms with Crippen LogP contribution < -0.4 is 5.32 Å². The fourth-order valence-electron chi connectivity index (χ4n) is 4.07. The minimum atomic E-state index is -2.58. The molecule has 1 aliphatic heterocycles. The van der Waals surface area contributed by atoms with Gasteiger partial charge in [0.15, 0.2) is 5.69 Å². The van der Waals surface area contributed by atoms with Crippen LogP contribution in [0.15, 0.2) is 55.1 Å². The summed E-state index contributed by atoms with van der Waals surface area (Å²) in [7, 11) is 0. The molecule has 0 bridgehead atoms. The summed E-state index contributed by atoms with van der Waals surface area (Å²) >= 11 is 0. The Kier molecular flexibility index (Phi) is 5.74. The molecule has 1 fully saturated rings. The van der Waals surface area contributed by atoms with E-state index in [0.717, 1.165) is 22.9 Å². The van der Waals surface area contributed by atoms with Gasteiger partial charge in [0, 0.05) is 61.9 Å². The smallest absolute Gasteiger partial charge is 0.276 e. The van der Waals surface area contributed by atoms with Gasteiger partial charge in [-0.2, -0.15) is 5.10 Å². The van der Waals surface area contributed by atoms with Gasteiger partial charge in [0.05, 0.1) is 23.6 Å². The van der Waals surface area contributed by atoms with Crippen molar-refractivity contribution in [1.29, 1.82) is 0 Å². The van der Waals surface area contributed by atoms with Crippen LogP contribution >= 0.6 is 0 Å². The predicted molar refractivity (Wildman–Crippen MR) is 121 cm³/mol. The molecule has 1 aromatic carbocycles. The van der Waals surface area contributed by atoms with Crippen molar-refractivity contribution in [3.05, 3.63) is 72.2 Å². The van der Waals surface area contributed by atoms with Crippen LogP contribution in [0.25, 0.3) is 22.0 Å². The highest BCUT2D eigenvalue weighted by Gasteiger charge is 2.33. The number of aromatic nitrogens is 4. The maximum Gasteiger partial charge on any atom is 0.276 e. The Morgan fingerprint density at radius 2 is 1.82 bits per heavy atom. The molecule has 174 valence electrons. The molecule has 34 heavy (non-hydrogen) atoms. The normalized spacial score (nSPS) is 16.0. The topological polar surface area (TPSA) is 86.8 Å². The molecule has 0 saturated carbocycles. The van der Waals surface area contributed by atoms with Crippen molar-refractivity contribution in [3.63, 3.8) is 0 Å². The zero-order chi connectivity index (χ0) is 23.7. The molecule has 4 heterocycles. The van der Waals surface area contributed by atoms with E-state index in [1.165, 1.54) is 12.3 Å². The average Bonchev–Trinajstić information content (AvgIpc) is 3.24. The molecule has 2 N–H and O–H groups in total. The molecular formula is C24H21F3N6O. The van der Waals surface area contributed by atoms with Crippen LogP contribution in [0.4, 0.5) is 18.9 Å². The number of piperidine rings is 1. The summed E-state index contributed by atoms with van der Waals surface area (Å²) in [6, 6.07) is 8.68. The second-order valence-corrected chi connectivity index (χ2v) is 8.39. The fraction of sp³-hybridized carbons (Fsp3) is 0.250. The third-order valence-electron chi connectivity index (χ3n) is 5.86. The molecule has 4 aromatic rings. The fourth-order valence-corrected chi connectivity index (χ4v) is 4.07. The molecular weight excluding hydrogens is 445 g/mol.